The van der Waals surface area contributed by atoms with Crippen LogP contribution in [-0.2, 0) is 14.8 Å². The van der Waals surface area contributed by atoms with Crippen molar-refractivity contribution in [2.75, 3.05) is 18.4 Å². The molecule has 9 heteroatoms. The molecule has 0 aliphatic rings. The number of halogens is 1. The number of fused-ring (bicyclic) bond motifs is 1. The van der Waals surface area contributed by atoms with E-state index in [-0.39, 0.29) is 18.0 Å². The van der Waals surface area contributed by atoms with Crippen molar-refractivity contribution in [2.24, 2.45) is 0 Å². The summed E-state index contributed by atoms with van der Waals surface area (Å²) in [7, 11) is -3.88. The third kappa shape index (κ3) is 3.90. The van der Waals surface area contributed by atoms with Crippen LogP contribution in [0, 0.1) is 5.82 Å². The Bertz CT molecular complexity index is 1030. The molecule has 0 unspecified atom stereocenters. The molecule has 26 heavy (non-hydrogen) atoms. The molecule has 1 amide bonds. The van der Waals surface area contributed by atoms with E-state index in [9.17, 15) is 17.6 Å². The number of sulfonamides is 1. The highest BCUT2D eigenvalue weighted by atomic mass is 32.2. The number of amides is 1. The molecule has 0 saturated carbocycles. The average Bonchev–Trinajstić information content (AvgIpc) is 3.07. The predicted molar refractivity (Wildman–Crippen MR) is 99.1 cm³/mol. The van der Waals surface area contributed by atoms with Crippen molar-refractivity contribution in [2.45, 2.75) is 11.8 Å². The first-order chi connectivity index (χ1) is 12.4. The molecule has 0 saturated heterocycles. The zero-order chi connectivity index (χ0) is 18.7. The molecule has 2 aromatic carbocycles. The molecule has 0 fully saturated rings. The Morgan fingerprint density at radius 1 is 1.23 bits per heavy atom. The maximum atomic E-state index is 13.0. The van der Waals surface area contributed by atoms with E-state index in [0.29, 0.717) is 5.69 Å². The Kier molecular flexibility index (Phi) is 5.30. The number of aromatic nitrogens is 1. The van der Waals surface area contributed by atoms with Crippen molar-refractivity contribution in [3.05, 3.63) is 54.5 Å². The molecule has 6 nitrogen and oxygen atoms in total. The first kappa shape index (κ1) is 18.4. The fraction of sp³-hybridized carbons (Fsp3) is 0.176. The summed E-state index contributed by atoms with van der Waals surface area (Å²) in [5.74, 6) is -0.983. The van der Waals surface area contributed by atoms with Crippen molar-refractivity contribution in [1.29, 1.82) is 0 Å². The number of hydrogen-bond acceptors (Lipinski definition) is 5. The summed E-state index contributed by atoms with van der Waals surface area (Å²) >= 11 is 1.35. The number of carbonyl (C=O) groups is 1. The Balaban J connectivity index is 1.74. The first-order valence-electron chi connectivity index (χ1n) is 7.80. The Morgan fingerprint density at radius 3 is 2.65 bits per heavy atom. The fourth-order valence-electron chi connectivity index (χ4n) is 2.43. The van der Waals surface area contributed by atoms with Crippen LogP contribution < -0.4 is 5.32 Å². The minimum absolute atomic E-state index is 0.0562. The van der Waals surface area contributed by atoms with E-state index in [0.717, 1.165) is 26.5 Å². The summed E-state index contributed by atoms with van der Waals surface area (Å²) in [6.07, 6.45) is 1.70. The lowest BCUT2D eigenvalue weighted by molar-refractivity contribution is -0.116. The second-order valence-electron chi connectivity index (χ2n) is 5.51. The molecule has 1 heterocycles. The predicted octanol–water partition coefficient (Wildman–Crippen LogP) is 3.08. The van der Waals surface area contributed by atoms with Gasteiger partial charge in [0.05, 0.1) is 16.1 Å². The molecule has 1 N–H and O–H groups in total. The topological polar surface area (TPSA) is 79.4 Å². The van der Waals surface area contributed by atoms with Crippen molar-refractivity contribution in [3.8, 4) is 0 Å². The quantitative estimate of drug-likeness (QED) is 0.698. The van der Waals surface area contributed by atoms with Crippen molar-refractivity contribution < 1.29 is 17.6 Å². The molecule has 3 rings (SSSR count). The molecule has 3 aromatic rings. The molecule has 0 aliphatic carbocycles. The SMILES string of the molecule is CCN(CC(=O)Nc1ccc2sncc2c1)S(=O)(=O)c1ccc(F)cc1. The Labute approximate surface area is 154 Å². The van der Waals surface area contributed by atoms with E-state index in [1.54, 1.807) is 25.3 Å². The van der Waals surface area contributed by atoms with Gasteiger partial charge in [0.1, 0.15) is 5.82 Å². The van der Waals surface area contributed by atoms with E-state index in [4.69, 9.17) is 0 Å². The van der Waals surface area contributed by atoms with E-state index in [2.05, 4.69) is 9.69 Å². The molecular formula is C17H16FN3O3S2. The summed E-state index contributed by atoms with van der Waals surface area (Å²) in [5.41, 5.74) is 0.568. The minimum atomic E-state index is -3.88. The molecule has 0 spiro atoms. The molecule has 1 aromatic heterocycles. The highest BCUT2D eigenvalue weighted by Crippen LogP contribution is 2.22. The largest absolute Gasteiger partial charge is 0.325 e. The van der Waals surface area contributed by atoms with Crippen LogP contribution in [0.4, 0.5) is 10.1 Å². The molecular weight excluding hydrogens is 377 g/mol. The number of likely N-dealkylation sites (N-methyl/N-ethyl adjacent to an activating group) is 1. The third-order valence-electron chi connectivity index (χ3n) is 3.76. The smallest absolute Gasteiger partial charge is 0.243 e. The number of anilines is 1. The monoisotopic (exact) mass is 393 g/mol. The Morgan fingerprint density at radius 2 is 1.96 bits per heavy atom. The van der Waals surface area contributed by atoms with Gasteiger partial charge in [-0.2, -0.15) is 8.68 Å². The molecule has 0 bridgehead atoms. The lowest BCUT2D eigenvalue weighted by Crippen LogP contribution is -2.37. The summed E-state index contributed by atoms with van der Waals surface area (Å²) < 4.78 is 44.4. The van der Waals surface area contributed by atoms with Gasteiger partial charge in [0.15, 0.2) is 0 Å². The zero-order valence-electron chi connectivity index (χ0n) is 13.8. The summed E-state index contributed by atoms with van der Waals surface area (Å²) in [6.45, 7) is 1.41. The van der Waals surface area contributed by atoms with Crippen molar-refractivity contribution in [3.63, 3.8) is 0 Å². The average molecular weight is 393 g/mol. The van der Waals surface area contributed by atoms with Gasteiger partial charge in [-0.15, -0.1) is 0 Å². The fourth-order valence-corrected chi connectivity index (χ4v) is 4.46. The standard InChI is InChI=1S/C17H16FN3O3S2/c1-2-21(26(23,24)15-6-3-13(18)4-7-15)11-17(22)20-14-5-8-16-12(9-14)10-19-25-16/h3-10H,2,11H2,1H3,(H,20,22). The van der Waals surface area contributed by atoms with Gasteiger partial charge in [-0.25, -0.2) is 12.8 Å². The second-order valence-corrected chi connectivity index (χ2v) is 8.28. The molecule has 136 valence electrons. The molecule has 0 atom stereocenters. The van der Waals surface area contributed by atoms with Gasteiger partial charge >= 0.3 is 0 Å². The van der Waals surface area contributed by atoms with Crippen LogP contribution in [0.25, 0.3) is 10.1 Å². The van der Waals surface area contributed by atoms with Gasteiger partial charge in [-0.1, -0.05) is 6.92 Å². The highest BCUT2D eigenvalue weighted by molar-refractivity contribution is 7.89. The number of carbonyl (C=O) groups excluding carboxylic acids is 1. The maximum Gasteiger partial charge on any atom is 0.243 e. The second kappa shape index (κ2) is 7.48. The van der Waals surface area contributed by atoms with Crippen molar-refractivity contribution >= 4 is 43.2 Å². The number of hydrogen-bond donors (Lipinski definition) is 1. The minimum Gasteiger partial charge on any atom is -0.325 e. The third-order valence-corrected chi connectivity index (χ3v) is 6.47. The van der Waals surface area contributed by atoms with Crippen LogP contribution in [-0.4, -0.2) is 36.1 Å². The first-order valence-corrected chi connectivity index (χ1v) is 10.0. The normalized spacial score (nSPS) is 11.8. The molecule has 0 radical (unpaired) electrons. The summed E-state index contributed by atoms with van der Waals surface area (Å²) in [5, 5.41) is 3.60. The Hall–Kier alpha value is -2.36. The summed E-state index contributed by atoms with van der Waals surface area (Å²) in [4.78, 5) is 12.2. The van der Waals surface area contributed by atoms with Crippen LogP contribution in [0.1, 0.15) is 6.92 Å². The number of benzene rings is 2. The van der Waals surface area contributed by atoms with Gasteiger partial charge in [0.25, 0.3) is 0 Å². The van der Waals surface area contributed by atoms with Crippen LogP contribution in [0.2, 0.25) is 0 Å². The van der Waals surface area contributed by atoms with Crippen LogP contribution in [0.15, 0.2) is 53.6 Å². The van der Waals surface area contributed by atoms with Crippen LogP contribution >= 0.6 is 11.5 Å². The maximum absolute atomic E-state index is 13.0. The van der Waals surface area contributed by atoms with Gasteiger partial charge in [-0.3, -0.25) is 4.79 Å². The zero-order valence-corrected chi connectivity index (χ0v) is 15.5. The number of nitrogens with one attached hydrogen (secondary N) is 1. The molecule has 0 aliphatic heterocycles. The van der Waals surface area contributed by atoms with E-state index in [1.165, 1.54) is 23.7 Å². The van der Waals surface area contributed by atoms with E-state index < -0.39 is 21.7 Å². The van der Waals surface area contributed by atoms with E-state index >= 15 is 0 Å². The van der Waals surface area contributed by atoms with Crippen LogP contribution in [0.3, 0.4) is 0 Å². The van der Waals surface area contributed by atoms with Crippen LogP contribution in [0.5, 0.6) is 0 Å². The highest BCUT2D eigenvalue weighted by Gasteiger charge is 2.25. The van der Waals surface area contributed by atoms with Crippen molar-refractivity contribution in [1.82, 2.24) is 8.68 Å². The lowest BCUT2D eigenvalue weighted by Gasteiger charge is -2.20. The van der Waals surface area contributed by atoms with Gasteiger partial charge in [-0.05, 0) is 54.0 Å². The summed E-state index contributed by atoms with van der Waals surface area (Å²) in [6, 6.07) is 9.88. The van der Waals surface area contributed by atoms with Gasteiger partial charge in [0, 0.05) is 23.8 Å². The number of rotatable bonds is 6. The van der Waals surface area contributed by atoms with Gasteiger partial charge < -0.3 is 5.32 Å². The van der Waals surface area contributed by atoms with Gasteiger partial charge in [0.2, 0.25) is 15.9 Å². The lowest BCUT2D eigenvalue weighted by atomic mass is 10.2. The van der Waals surface area contributed by atoms with E-state index in [1.807, 2.05) is 6.07 Å². The number of nitrogens with zero attached hydrogens (tertiary/aromatic N) is 2.